The van der Waals surface area contributed by atoms with Gasteiger partial charge in [0.25, 0.3) is 0 Å². The Hall–Kier alpha value is -3.91. The number of carbonyl (C=O) groups excluding carboxylic acids is 1. The molecule has 0 aliphatic carbocycles. The molecule has 214 valence electrons. The van der Waals surface area contributed by atoms with E-state index in [-0.39, 0.29) is 45.6 Å². The van der Waals surface area contributed by atoms with Crippen molar-refractivity contribution in [1.29, 1.82) is 10.5 Å². The molecule has 3 aliphatic heterocycles. The summed E-state index contributed by atoms with van der Waals surface area (Å²) in [4.78, 5) is 16.4. The van der Waals surface area contributed by atoms with E-state index in [1.54, 1.807) is 0 Å². The number of anilines is 1. The van der Waals surface area contributed by atoms with Crippen LogP contribution in [0.5, 0.6) is 0 Å². The van der Waals surface area contributed by atoms with Crippen LogP contribution >= 0.6 is 0 Å². The first kappa shape index (κ1) is 28.6. The monoisotopic (exact) mass is 584 g/mol. The molecular weight excluding hydrogens is 557 g/mol. The molecule has 0 radical (unpaired) electrons. The summed E-state index contributed by atoms with van der Waals surface area (Å²) in [6.45, 7) is 3.46. The fourth-order valence-electron chi connectivity index (χ4n) is 5.80. The summed E-state index contributed by atoms with van der Waals surface area (Å²) in [5, 5.41) is 22.3. The van der Waals surface area contributed by atoms with Gasteiger partial charge in [-0.2, -0.15) is 28.0 Å². The van der Waals surface area contributed by atoms with Crippen LogP contribution in [0, 0.1) is 22.7 Å². The highest BCUT2D eigenvalue weighted by atomic mass is 32.2. The molecular formula is C28H27F3N6O3S. The number of hydrogen-bond acceptors (Lipinski definition) is 6. The third-order valence-electron chi connectivity index (χ3n) is 7.91. The summed E-state index contributed by atoms with van der Waals surface area (Å²) in [6, 6.07) is 10.2. The lowest BCUT2D eigenvalue weighted by molar-refractivity contribution is -0.137. The number of carbonyl (C=O) groups is 1. The minimum absolute atomic E-state index is 0.0414. The molecule has 0 aromatic heterocycles. The molecule has 2 aromatic carbocycles. The van der Waals surface area contributed by atoms with Gasteiger partial charge in [0.15, 0.2) is 0 Å². The molecule has 0 saturated carbocycles. The second-order valence-corrected chi connectivity index (χ2v) is 12.2. The average molecular weight is 585 g/mol. The van der Waals surface area contributed by atoms with E-state index in [1.165, 1.54) is 35.5 Å². The van der Waals surface area contributed by atoms with Crippen molar-refractivity contribution in [2.75, 3.05) is 31.1 Å². The zero-order valence-electron chi connectivity index (χ0n) is 22.1. The Balaban J connectivity index is 1.57. The molecule has 2 amide bonds. The minimum atomic E-state index is -4.64. The first-order chi connectivity index (χ1) is 19.5. The molecule has 13 heteroatoms. The van der Waals surface area contributed by atoms with Crippen molar-refractivity contribution in [2.24, 2.45) is 0 Å². The van der Waals surface area contributed by atoms with Crippen LogP contribution in [-0.4, -0.2) is 55.9 Å². The lowest BCUT2D eigenvalue weighted by Gasteiger charge is -2.43. The number of nitriles is 2. The van der Waals surface area contributed by atoms with Crippen molar-refractivity contribution >= 4 is 21.7 Å². The normalized spacial score (nSPS) is 22.5. The Morgan fingerprint density at radius 1 is 1.02 bits per heavy atom. The molecule has 0 spiro atoms. The van der Waals surface area contributed by atoms with Gasteiger partial charge in [-0.15, -0.1) is 0 Å². The van der Waals surface area contributed by atoms with Gasteiger partial charge in [0, 0.05) is 31.4 Å². The van der Waals surface area contributed by atoms with Crippen LogP contribution in [-0.2, 0) is 16.2 Å². The van der Waals surface area contributed by atoms with Gasteiger partial charge in [-0.1, -0.05) is 18.6 Å². The van der Waals surface area contributed by atoms with Crippen molar-refractivity contribution in [3.05, 3.63) is 70.4 Å². The Morgan fingerprint density at radius 3 is 2.51 bits per heavy atom. The first-order valence-corrected chi connectivity index (χ1v) is 14.6. The number of piperazine rings is 1. The van der Waals surface area contributed by atoms with Crippen LogP contribution in [0.15, 0.2) is 58.6 Å². The SMILES string of the molecule is CC1=C(C#N)[C@@H](c2ccc(C#N)cc2S(=O)(=O)N2CCN3CCCCC3C2)NC(=O)N1c1cccc(C(F)(F)F)c1. The summed E-state index contributed by atoms with van der Waals surface area (Å²) in [6.07, 6.45) is -1.69. The van der Waals surface area contributed by atoms with E-state index in [0.717, 1.165) is 48.9 Å². The molecule has 5 rings (SSSR count). The molecule has 3 aliphatic rings. The zero-order valence-corrected chi connectivity index (χ0v) is 23.0. The van der Waals surface area contributed by atoms with E-state index >= 15 is 0 Å². The van der Waals surface area contributed by atoms with Gasteiger partial charge in [0.2, 0.25) is 10.0 Å². The van der Waals surface area contributed by atoms with Crippen LogP contribution in [0.1, 0.15) is 48.9 Å². The number of piperidine rings is 1. The van der Waals surface area contributed by atoms with Crippen LogP contribution in [0.4, 0.5) is 23.7 Å². The van der Waals surface area contributed by atoms with Crippen molar-refractivity contribution < 1.29 is 26.4 Å². The van der Waals surface area contributed by atoms with Gasteiger partial charge >= 0.3 is 12.2 Å². The maximum Gasteiger partial charge on any atom is 0.416 e. The quantitative estimate of drug-likeness (QED) is 0.565. The fourth-order valence-corrected chi connectivity index (χ4v) is 7.53. The highest BCUT2D eigenvalue weighted by Crippen LogP contribution is 2.39. The van der Waals surface area contributed by atoms with Gasteiger partial charge < -0.3 is 5.32 Å². The summed E-state index contributed by atoms with van der Waals surface area (Å²) >= 11 is 0. The molecule has 0 bridgehead atoms. The number of urea groups is 1. The largest absolute Gasteiger partial charge is 0.416 e. The second kappa shape index (κ2) is 10.8. The molecule has 2 saturated heterocycles. The summed E-state index contributed by atoms with van der Waals surface area (Å²) in [5.74, 6) is 0. The predicted molar refractivity (Wildman–Crippen MR) is 143 cm³/mol. The Labute approximate surface area is 236 Å². The molecule has 9 nitrogen and oxygen atoms in total. The van der Waals surface area contributed by atoms with E-state index in [2.05, 4.69) is 10.2 Å². The number of amides is 2. The van der Waals surface area contributed by atoms with E-state index in [9.17, 15) is 36.9 Å². The first-order valence-electron chi connectivity index (χ1n) is 13.1. The molecule has 2 aromatic rings. The fraction of sp³-hybridized carbons (Fsp3) is 0.393. The Morgan fingerprint density at radius 2 is 1.80 bits per heavy atom. The molecule has 1 unspecified atom stereocenters. The smallest absolute Gasteiger partial charge is 0.326 e. The zero-order chi connectivity index (χ0) is 29.5. The Bertz CT molecular complexity index is 1610. The summed E-state index contributed by atoms with van der Waals surface area (Å²) in [5.41, 5.74) is -0.850. The van der Waals surface area contributed by atoms with Gasteiger partial charge in [-0.25, -0.2) is 13.2 Å². The predicted octanol–water partition coefficient (Wildman–Crippen LogP) is 4.50. The van der Waals surface area contributed by atoms with Crippen LogP contribution < -0.4 is 10.2 Å². The Kier molecular flexibility index (Phi) is 7.55. The average Bonchev–Trinajstić information content (AvgIpc) is 2.96. The van der Waals surface area contributed by atoms with E-state index < -0.39 is 33.8 Å². The number of nitrogens with one attached hydrogen (secondary N) is 1. The number of nitrogens with zero attached hydrogens (tertiary/aromatic N) is 5. The number of hydrogen-bond donors (Lipinski definition) is 1. The highest BCUT2D eigenvalue weighted by Gasteiger charge is 2.40. The topological polar surface area (TPSA) is 121 Å². The minimum Gasteiger partial charge on any atom is -0.326 e. The van der Waals surface area contributed by atoms with Gasteiger partial charge in [-0.05, 0) is 62.2 Å². The van der Waals surface area contributed by atoms with Crippen molar-refractivity contribution in [2.45, 2.75) is 49.3 Å². The van der Waals surface area contributed by atoms with Crippen LogP contribution in [0.25, 0.3) is 0 Å². The van der Waals surface area contributed by atoms with Crippen molar-refractivity contribution in [3.8, 4) is 12.1 Å². The summed E-state index contributed by atoms with van der Waals surface area (Å²) in [7, 11) is -4.15. The molecule has 2 atom stereocenters. The number of rotatable bonds is 4. The number of fused-ring (bicyclic) bond motifs is 1. The third-order valence-corrected chi connectivity index (χ3v) is 9.83. The van der Waals surface area contributed by atoms with Crippen molar-refractivity contribution in [1.82, 2.24) is 14.5 Å². The molecule has 1 N–H and O–H groups in total. The number of allylic oxidation sites excluding steroid dienone is 1. The van der Waals surface area contributed by atoms with Crippen LogP contribution in [0.2, 0.25) is 0 Å². The lowest BCUT2D eigenvalue weighted by atomic mass is 9.94. The van der Waals surface area contributed by atoms with E-state index in [1.807, 2.05) is 12.1 Å². The summed E-state index contributed by atoms with van der Waals surface area (Å²) < 4.78 is 69.5. The highest BCUT2D eigenvalue weighted by molar-refractivity contribution is 7.89. The van der Waals surface area contributed by atoms with Crippen molar-refractivity contribution in [3.63, 3.8) is 0 Å². The third kappa shape index (κ3) is 5.28. The molecule has 2 fully saturated rings. The number of alkyl halides is 3. The van der Waals surface area contributed by atoms with Gasteiger partial charge in [0.1, 0.15) is 0 Å². The number of halogens is 3. The van der Waals surface area contributed by atoms with E-state index in [0.29, 0.717) is 13.1 Å². The maximum atomic E-state index is 14.0. The standard InChI is InChI=1S/C28H27F3N6O3S/c1-18-24(16-33)26(34-27(38)37(18)21-7-4-5-20(14-21)28(29,30)31)23-9-8-19(15-32)13-25(23)41(39,40)36-12-11-35-10-3-2-6-22(35)17-36/h4-5,7-9,13-14,22,26H,2-3,6,10-12,17H2,1H3,(H,34,38)/t22?,26-/m1/s1. The van der Waals surface area contributed by atoms with E-state index in [4.69, 9.17) is 0 Å². The molecule has 41 heavy (non-hydrogen) atoms. The second-order valence-electron chi connectivity index (χ2n) is 10.3. The number of sulfonamides is 1. The lowest BCUT2D eigenvalue weighted by Crippen LogP contribution is -2.56. The van der Waals surface area contributed by atoms with Crippen LogP contribution in [0.3, 0.4) is 0 Å². The van der Waals surface area contributed by atoms with Gasteiger partial charge in [-0.3, -0.25) is 9.80 Å². The number of benzene rings is 2. The molecule has 3 heterocycles. The van der Waals surface area contributed by atoms with Gasteiger partial charge in [0.05, 0.1) is 45.5 Å². The maximum absolute atomic E-state index is 14.0.